The summed E-state index contributed by atoms with van der Waals surface area (Å²) in [6.07, 6.45) is 4.31. The molecule has 0 saturated heterocycles. The van der Waals surface area contributed by atoms with Crippen molar-refractivity contribution in [2.24, 2.45) is 4.99 Å². The molecule has 0 heterocycles. The second-order valence-corrected chi connectivity index (χ2v) is 12.0. The lowest BCUT2D eigenvalue weighted by molar-refractivity contribution is 0.409. The summed E-state index contributed by atoms with van der Waals surface area (Å²) in [7, 11) is -0.967. The molecule has 0 amide bonds. The van der Waals surface area contributed by atoms with Crippen LogP contribution < -0.4 is 0 Å². The lowest BCUT2D eigenvalue weighted by Gasteiger charge is -2.40. The average molecular weight is 261 g/mol. The van der Waals surface area contributed by atoms with Crippen molar-refractivity contribution in [3.8, 4) is 5.75 Å². The van der Waals surface area contributed by atoms with Gasteiger partial charge < -0.3 is 5.11 Å². The lowest BCUT2D eigenvalue weighted by Crippen LogP contribution is -2.39. The van der Waals surface area contributed by atoms with Gasteiger partial charge in [-0.3, -0.25) is 4.99 Å². The number of aryl methyl sites for hydroxylation is 1. The molecule has 3 heteroatoms. The number of rotatable bonds is 3. The van der Waals surface area contributed by atoms with E-state index in [1.54, 1.807) is 0 Å². The van der Waals surface area contributed by atoms with Crippen molar-refractivity contribution in [1.82, 2.24) is 0 Å². The highest BCUT2D eigenvalue weighted by atomic mass is 28.3. The van der Waals surface area contributed by atoms with Gasteiger partial charge in [0, 0.05) is 25.9 Å². The number of phenols is 1. The van der Waals surface area contributed by atoms with Crippen LogP contribution in [0.2, 0.25) is 25.2 Å². The Hall–Kier alpha value is -1.09. The summed E-state index contributed by atoms with van der Waals surface area (Å²) < 4.78 is 0. The first-order chi connectivity index (χ1) is 8.38. The SMILES string of the molecule is Cc1cccc(C=NC2CC([Si](C)(C)C)C2)c1O. The molecule has 0 atom stereocenters. The predicted molar refractivity (Wildman–Crippen MR) is 80.6 cm³/mol. The molecule has 0 spiro atoms. The Bertz CT molecular complexity index is 456. The van der Waals surface area contributed by atoms with Crippen molar-refractivity contribution in [3.05, 3.63) is 29.3 Å². The summed E-state index contributed by atoms with van der Waals surface area (Å²) in [5, 5.41) is 9.90. The minimum Gasteiger partial charge on any atom is -0.507 e. The predicted octanol–water partition coefficient (Wildman–Crippen LogP) is 3.99. The Kier molecular flexibility index (Phi) is 3.62. The molecule has 0 aliphatic heterocycles. The zero-order valence-electron chi connectivity index (χ0n) is 11.8. The maximum atomic E-state index is 9.90. The minimum absolute atomic E-state index is 0.363. The van der Waals surface area contributed by atoms with Gasteiger partial charge in [0.05, 0.1) is 0 Å². The van der Waals surface area contributed by atoms with Crippen molar-refractivity contribution in [2.75, 3.05) is 0 Å². The number of phenolic OH excluding ortho intramolecular Hbond substituents is 1. The summed E-state index contributed by atoms with van der Waals surface area (Å²) in [5.74, 6) is 0.363. The molecule has 2 nitrogen and oxygen atoms in total. The molecule has 0 radical (unpaired) electrons. The van der Waals surface area contributed by atoms with Gasteiger partial charge in [-0.25, -0.2) is 0 Å². The molecule has 18 heavy (non-hydrogen) atoms. The third-order valence-corrected chi connectivity index (χ3v) is 6.95. The van der Waals surface area contributed by atoms with E-state index in [1.165, 1.54) is 12.8 Å². The molecule has 1 saturated carbocycles. The van der Waals surface area contributed by atoms with Crippen molar-refractivity contribution in [2.45, 2.75) is 51.0 Å². The number of hydrogen-bond donors (Lipinski definition) is 1. The van der Waals surface area contributed by atoms with E-state index >= 15 is 0 Å². The smallest absolute Gasteiger partial charge is 0.127 e. The van der Waals surface area contributed by atoms with Crippen LogP contribution in [-0.2, 0) is 0 Å². The summed E-state index contributed by atoms with van der Waals surface area (Å²) in [5.41, 5.74) is 2.67. The standard InChI is InChI=1S/C15H23NOSi/c1-11-6-5-7-12(15(11)17)10-16-13-8-14(9-13)18(2,3)4/h5-7,10,13-14,17H,8-9H2,1-4H3. The highest BCUT2D eigenvalue weighted by Crippen LogP contribution is 2.42. The first kappa shape index (κ1) is 13.3. The van der Waals surface area contributed by atoms with Gasteiger partial charge in [-0.05, 0) is 36.9 Å². The minimum atomic E-state index is -0.967. The highest BCUT2D eigenvalue weighted by molar-refractivity contribution is 6.77. The molecular weight excluding hydrogens is 238 g/mol. The van der Waals surface area contributed by atoms with Crippen molar-refractivity contribution >= 4 is 14.3 Å². The van der Waals surface area contributed by atoms with Crippen LogP contribution in [-0.4, -0.2) is 25.4 Å². The molecule has 0 bridgehead atoms. The van der Waals surface area contributed by atoms with E-state index in [0.717, 1.165) is 16.7 Å². The highest BCUT2D eigenvalue weighted by Gasteiger charge is 2.37. The summed E-state index contributed by atoms with van der Waals surface area (Å²) >= 11 is 0. The maximum Gasteiger partial charge on any atom is 0.127 e. The van der Waals surface area contributed by atoms with E-state index in [0.29, 0.717) is 11.8 Å². The van der Waals surface area contributed by atoms with Gasteiger partial charge in [-0.1, -0.05) is 31.8 Å². The number of para-hydroxylation sites is 1. The van der Waals surface area contributed by atoms with Gasteiger partial charge in [0.2, 0.25) is 0 Å². The van der Waals surface area contributed by atoms with E-state index in [4.69, 9.17) is 0 Å². The number of aromatic hydroxyl groups is 1. The topological polar surface area (TPSA) is 32.6 Å². The summed E-state index contributed by atoms with van der Waals surface area (Å²) in [4.78, 5) is 4.60. The van der Waals surface area contributed by atoms with Crippen LogP contribution in [0.1, 0.15) is 24.0 Å². The van der Waals surface area contributed by atoms with Crippen LogP contribution in [0.25, 0.3) is 0 Å². The monoisotopic (exact) mass is 261 g/mol. The number of aliphatic imine (C=N–C) groups is 1. The van der Waals surface area contributed by atoms with Crippen LogP contribution in [0.4, 0.5) is 0 Å². The third kappa shape index (κ3) is 2.83. The van der Waals surface area contributed by atoms with Crippen LogP contribution >= 0.6 is 0 Å². The fourth-order valence-corrected chi connectivity index (χ4v) is 4.35. The molecule has 1 fully saturated rings. The molecule has 0 unspecified atom stereocenters. The van der Waals surface area contributed by atoms with Gasteiger partial charge in [0.25, 0.3) is 0 Å². The summed E-state index contributed by atoms with van der Waals surface area (Å²) in [6.45, 7) is 9.22. The Morgan fingerprint density at radius 1 is 1.28 bits per heavy atom. The molecule has 1 N–H and O–H groups in total. The second kappa shape index (κ2) is 4.88. The van der Waals surface area contributed by atoms with E-state index < -0.39 is 8.07 Å². The Morgan fingerprint density at radius 3 is 2.56 bits per heavy atom. The van der Waals surface area contributed by atoms with Crippen LogP contribution in [0, 0.1) is 6.92 Å². The third-order valence-electron chi connectivity index (χ3n) is 4.03. The van der Waals surface area contributed by atoms with Gasteiger partial charge >= 0.3 is 0 Å². The normalized spacial score (nSPS) is 24.2. The van der Waals surface area contributed by atoms with Crippen molar-refractivity contribution < 1.29 is 5.11 Å². The molecule has 1 aliphatic carbocycles. The fourth-order valence-electron chi connectivity index (χ4n) is 2.39. The van der Waals surface area contributed by atoms with Crippen molar-refractivity contribution in [3.63, 3.8) is 0 Å². The Balaban J connectivity index is 1.96. The zero-order chi connectivity index (χ0) is 13.3. The number of hydrogen-bond acceptors (Lipinski definition) is 2. The molecule has 0 aromatic heterocycles. The maximum absolute atomic E-state index is 9.90. The van der Waals surface area contributed by atoms with Crippen LogP contribution in [0.3, 0.4) is 0 Å². The van der Waals surface area contributed by atoms with E-state index in [1.807, 2.05) is 31.3 Å². The molecular formula is C15H23NOSi. The van der Waals surface area contributed by atoms with Gasteiger partial charge in [-0.2, -0.15) is 0 Å². The van der Waals surface area contributed by atoms with Gasteiger partial charge in [-0.15, -0.1) is 0 Å². The second-order valence-electron chi connectivity index (χ2n) is 6.48. The van der Waals surface area contributed by atoms with Crippen LogP contribution in [0.15, 0.2) is 23.2 Å². The largest absolute Gasteiger partial charge is 0.507 e. The Morgan fingerprint density at radius 2 is 1.94 bits per heavy atom. The average Bonchev–Trinajstić information content (AvgIpc) is 2.19. The van der Waals surface area contributed by atoms with Gasteiger partial charge in [0.15, 0.2) is 0 Å². The van der Waals surface area contributed by atoms with E-state index in [9.17, 15) is 5.11 Å². The lowest BCUT2D eigenvalue weighted by atomic mass is 9.92. The molecule has 2 rings (SSSR count). The number of benzene rings is 1. The molecule has 98 valence electrons. The van der Waals surface area contributed by atoms with E-state index in [2.05, 4.69) is 24.6 Å². The van der Waals surface area contributed by atoms with E-state index in [-0.39, 0.29) is 0 Å². The Labute approximate surface area is 111 Å². The van der Waals surface area contributed by atoms with Crippen LogP contribution in [0.5, 0.6) is 5.75 Å². The molecule has 1 aromatic carbocycles. The van der Waals surface area contributed by atoms with Crippen molar-refractivity contribution in [1.29, 1.82) is 0 Å². The zero-order valence-corrected chi connectivity index (χ0v) is 12.8. The van der Waals surface area contributed by atoms with Gasteiger partial charge in [0.1, 0.15) is 5.75 Å². The number of nitrogens with zero attached hydrogens (tertiary/aromatic N) is 1. The first-order valence-corrected chi connectivity index (χ1v) is 10.3. The fraction of sp³-hybridized carbons (Fsp3) is 0.533. The molecule has 1 aliphatic rings. The summed E-state index contributed by atoms with van der Waals surface area (Å²) in [6, 6.07) is 6.27. The molecule has 1 aromatic rings. The quantitative estimate of drug-likeness (QED) is 0.647. The first-order valence-electron chi connectivity index (χ1n) is 6.69.